The third-order valence-electron chi connectivity index (χ3n) is 0.175. The summed E-state index contributed by atoms with van der Waals surface area (Å²) in [6.07, 6.45) is 1.25. The molecule has 2 unspecified atom stereocenters. The van der Waals surface area contributed by atoms with Gasteiger partial charge in [0.05, 0.1) is 0 Å². The molecule has 0 rings (SSSR count). The van der Waals surface area contributed by atoms with Gasteiger partial charge in [0.1, 0.15) is 0 Å². The first-order valence-corrected chi connectivity index (χ1v) is 4.30. The van der Waals surface area contributed by atoms with Crippen molar-refractivity contribution < 1.29 is 23.2 Å². The summed E-state index contributed by atoms with van der Waals surface area (Å²) in [5, 5.41) is 7.10. The smallest absolute Gasteiger partial charge is 0.323 e. The van der Waals surface area contributed by atoms with Crippen molar-refractivity contribution in [3.05, 3.63) is 0 Å². The van der Waals surface area contributed by atoms with Crippen LogP contribution in [0.5, 0.6) is 0 Å². The lowest BCUT2D eigenvalue weighted by molar-refractivity contribution is 0.371. The summed E-state index contributed by atoms with van der Waals surface area (Å²) in [5.74, 6) is 0. The highest BCUT2D eigenvalue weighted by atomic mass is 31.2. The van der Waals surface area contributed by atoms with Gasteiger partial charge in [-0.3, -0.25) is 9.13 Å². The van der Waals surface area contributed by atoms with E-state index >= 15 is 0 Å². The predicted molar refractivity (Wildman–Crippen MR) is 33.3 cm³/mol. The highest BCUT2D eigenvalue weighted by Crippen LogP contribution is 2.30. The quantitative estimate of drug-likeness (QED) is 0.293. The van der Waals surface area contributed by atoms with E-state index in [0.717, 1.165) is 0 Å². The van der Waals surface area contributed by atoms with Crippen molar-refractivity contribution in [1.82, 2.24) is 0 Å². The number of rotatable bonds is 2. The molecule has 0 aromatic carbocycles. The summed E-state index contributed by atoms with van der Waals surface area (Å²) in [6.45, 7) is 0. The summed E-state index contributed by atoms with van der Waals surface area (Å²) in [5.41, 5.74) is 4.15. The van der Waals surface area contributed by atoms with E-state index in [9.17, 15) is 9.13 Å². The Balaban J connectivity index is 0. The molecule has 0 aromatic heterocycles. The Morgan fingerprint density at radius 2 is 1.60 bits per heavy atom. The van der Waals surface area contributed by atoms with Gasteiger partial charge in [0.25, 0.3) is 0 Å². The maximum atomic E-state index is 9.44. The summed E-state index contributed by atoms with van der Waals surface area (Å²) in [7, 11) is -6.40. The third-order valence-corrected chi connectivity index (χ3v) is 1.57. The largest absolute Gasteiger partial charge is 0.337 e. The minimum atomic E-state index is -3.20. The predicted octanol–water partition coefficient (Wildman–Crippen LogP) is -0.807. The first-order chi connectivity index (χ1) is 4.54. The van der Waals surface area contributed by atoms with Crippen LogP contribution in [0.15, 0.2) is 0 Å². The van der Waals surface area contributed by atoms with Crippen molar-refractivity contribution in [2.75, 3.05) is 0 Å². The lowest BCUT2D eigenvalue weighted by atomic mass is 11.5. The van der Waals surface area contributed by atoms with Gasteiger partial charge in [-0.05, 0) is 0 Å². The van der Waals surface area contributed by atoms with Gasteiger partial charge in [-0.15, -0.1) is 0 Å². The highest BCUT2D eigenvalue weighted by molar-refractivity contribution is 7.46. The van der Waals surface area contributed by atoms with Crippen LogP contribution in [0, 0.1) is 11.5 Å². The lowest BCUT2D eigenvalue weighted by Crippen LogP contribution is -1.69. The highest BCUT2D eigenvalue weighted by Gasteiger charge is 1.93. The van der Waals surface area contributed by atoms with E-state index < -0.39 is 16.5 Å². The molecule has 0 fully saturated rings. The second-order valence-corrected chi connectivity index (χ2v) is 2.64. The lowest BCUT2D eigenvalue weighted by Gasteiger charge is -1.86. The molecule has 0 amide bonds. The fraction of sp³-hybridized carbons (Fsp3) is 0. The fourth-order valence-electron chi connectivity index (χ4n) is 0.0747. The van der Waals surface area contributed by atoms with E-state index in [-0.39, 0.29) is 0 Å². The Bertz CT molecular complexity index is 150. The first kappa shape index (κ1) is 12.3. The molecule has 60 valence electrons. The molecule has 0 radical (unpaired) electrons. The van der Waals surface area contributed by atoms with Gasteiger partial charge in [-0.2, -0.15) is 5.26 Å². The second-order valence-electron chi connectivity index (χ2n) is 0.763. The molecule has 2 atom stereocenters. The van der Waals surface area contributed by atoms with Gasteiger partial charge in [0.2, 0.25) is 0 Å². The van der Waals surface area contributed by atoms with Crippen LogP contribution in [-0.4, -0.2) is 9.79 Å². The third kappa shape index (κ3) is 25.5. The molecule has 7 nitrogen and oxygen atoms in total. The average Bonchev–Trinajstić information content (AvgIpc) is 1.62. The summed E-state index contributed by atoms with van der Waals surface area (Å²) in [4.78, 5) is 15.4. The van der Waals surface area contributed by atoms with Crippen LogP contribution in [0.1, 0.15) is 0 Å². The molecule has 0 aliphatic rings. The number of nitrogens with zero attached hydrogens (tertiary/aromatic N) is 1. The monoisotopic (exact) mass is 188 g/mol. The number of nitriles is 1. The topological polar surface area (TPSA) is 134 Å². The zero-order valence-corrected chi connectivity index (χ0v) is 6.64. The van der Waals surface area contributed by atoms with Crippen LogP contribution in [0.4, 0.5) is 0 Å². The number of hydrogen-bond acceptors (Lipinski definition) is 5. The molecule has 0 bridgehead atoms. The van der Waals surface area contributed by atoms with E-state index in [1.54, 1.807) is 0 Å². The average molecular weight is 188 g/mol. The zero-order chi connectivity index (χ0) is 8.57. The van der Waals surface area contributed by atoms with E-state index in [1.807, 2.05) is 0 Å². The standard InChI is InChI=1S/CH2N2.H4O5P2/c2-1-3;1-6(2)5-7(3)4/h2H2;6-7H,(H,1,2)(H,3,4). The Kier molecular flexibility index (Phi) is 10.6. The van der Waals surface area contributed by atoms with Crippen molar-refractivity contribution in [3.8, 4) is 6.19 Å². The molecule has 0 saturated carbocycles. The minimum absolute atomic E-state index is 1.25. The molecule has 0 heterocycles. The van der Waals surface area contributed by atoms with E-state index in [4.69, 9.17) is 15.0 Å². The van der Waals surface area contributed by atoms with Crippen molar-refractivity contribution in [2.45, 2.75) is 0 Å². The molecule has 0 aliphatic heterocycles. The van der Waals surface area contributed by atoms with Gasteiger partial charge in [0, 0.05) is 0 Å². The Hall–Kier alpha value is -0.370. The van der Waals surface area contributed by atoms with E-state index in [0.29, 0.717) is 0 Å². The summed E-state index contributed by atoms with van der Waals surface area (Å²) in [6, 6.07) is 0. The number of nitrogens with two attached hydrogens (primary N) is 1. The van der Waals surface area contributed by atoms with E-state index in [1.165, 1.54) is 6.19 Å². The molecule has 9 heteroatoms. The van der Waals surface area contributed by atoms with Gasteiger partial charge in [-0.1, -0.05) is 0 Å². The van der Waals surface area contributed by atoms with Crippen molar-refractivity contribution in [3.63, 3.8) is 0 Å². The van der Waals surface area contributed by atoms with Gasteiger partial charge >= 0.3 is 16.5 Å². The Labute approximate surface area is 57.9 Å². The second kappa shape index (κ2) is 8.63. The van der Waals surface area contributed by atoms with Gasteiger partial charge < -0.3 is 15.5 Å². The van der Waals surface area contributed by atoms with Crippen LogP contribution in [0.25, 0.3) is 0 Å². The van der Waals surface area contributed by atoms with Crippen LogP contribution >= 0.6 is 16.5 Å². The van der Waals surface area contributed by atoms with Crippen LogP contribution in [0.2, 0.25) is 0 Å². The molecule has 10 heavy (non-hydrogen) atoms. The zero-order valence-electron chi connectivity index (χ0n) is 4.64. The molecule has 0 saturated heterocycles. The normalized spacial score (nSPS) is 13.7. The summed E-state index contributed by atoms with van der Waals surface area (Å²) >= 11 is 0. The van der Waals surface area contributed by atoms with Gasteiger partial charge in [0.15, 0.2) is 6.19 Å². The van der Waals surface area contributed by atoms with Crippen LogP contribution < -0.4 is 5.73 Å². The van der Waals surface area contributed by atoms with Gasteiger partial charge in [-0.25, -0.2) is 4.31 Å². The maximum Gasteiger partial charge on any atom is 0.323 e. The van der Waals surface area contributed by atoms with E-state index in [2.05, 4.69) is 10.0 Å². The van der Waals surface area contributed by atoms with Crippen LogP contribution in [0.3, 0.4) is 0 Å². The number of hydrogen-bond donors (Lipinski definition) is 3. The minimum Gasteiger partial charge on any atom is -0.337 e. The molecular formula is CH6N2O5P2. The Morgan fingerprint density at radius 3 is 1.60 bits per heavy atom. The van der Waals surface area contributed by atoms with Crippen molar-refractivity contribution in [1.29, 1.82) is 5.26 Å². The molecular weight excluding hydrogens is 182 g/mol. The molecule has 0 aliphatic carbocycles. The molecule has 0 spiro atoms. The maximum absolute atomic E-state index is 9.44. The fourth-order valence-corrected chi connectivity index (χ4v) is 0.672. The Morgan fingerprint density at radius 1 is 1.40 bits per heavy atom. The molecule has 4 N–H and O–H groups in total. The van der Waals surface area contributed by atoms with Crippen molar-refractivity contribution >= 4 is 16.5 Å². The van der Waals surface area contributed by atoms with Crippen molar-refractivity contribution in [2.24, 2.45) is 5.73 Å². The van der Waals surface area contributed by atoms with Crippen LogP contribution in [-0.2, 0) is 13.4 Å². The SMILES string of the molecule is N#CN.O=[PH](O)O[PH](=O)O. The summed E-state index contributed by atoms with van der Waals surface area (Å²) < 4.78 is 22.3. The first-order valence-electron chi connectivity index (χ1n) is 1.78. The molecule has 0 aromatic rings.